The zero-order chi connectivity index (χ0) is 25.1. The number of aliphatic hydroxyl groups is 1. The van der Waals surface area contributed by atoms with Gasteiger partial charge in [0.05, 0.1) is 4.90 Å². The predicted molar refractivity (Wildman–Crippen MR) is 140 cm³/mol. The number of aliphatic hydroxyl groups excluding tert-OH is 1. The molecule has 5 rings (SSSR count). The van der Waals surface area contributed by atoms with E-state index in [2.05, 4.69) is 21.9 Å². The highest BCUT2D eigenvalue weighted by Gasteiger charge is 2.41. The van der Waals surface area contributed by atoms with E-state index in [0.717, 1.165) is 30.5 Å². The summed E-state index contributed by atoms with van der Waals surface area (Å²) in [6.07, 6.45) is 0.533. The summed E-state index contributed by atoms with van der Waals surface area (Å²) in [5, 5.41) is 11.1. The number of hydrogen-bond donors (Lipinski definition) is 1. The third-order valence-electron chi connectivity index (χ3n) is 6.76. The Bertz CT molecular complexity index is 1370. The lowest BCUT2D eigenvalue weighted by Gasteiger charge is -2.37. The average molecular weight is 504 g/mol. The fraction of sp³-hybridized carbons (Fsp3) is 0.250. The molecule has 2 heterocycles. The number of carbonyl (C=O) groups is 1. The standard InChI is InChI=1S/C28H29N3O4S/c32-27(22-10-3-1-4-11-22)26-28(33)24-14-7-8-15-25(24)36(34,35)31(26)17-9-16-29-18-20-30(21-19-29)23-12-5-2-6-13-23/h1-8,10-15,32H,9,16-21H2/b27-26+. The van der Waals surface area contributed by atoms with Crippen LogP contribution in [0, 0.1) is 0 Å². The van der Waals surface area contributed by atoms with E-state index in [-0.39, 0.29) is 28.5 Å². The number of fused-ring (bicyclic) bond motifs is 1. The quantitative estimate of drug-likeness (QED) is 0.404. The van der Waals surface area contributed by atoms with E-state index in [1.807, 2.05) is 18.2 Å². The van der Waals surface area contributed by atoms with Gasteiger partial charge in [-0.25, -0.2) is 8.42 Å². The van der Waals surface area contributed by atoms with Crippen LogP contribution in [0.4, 0.5) is 5.69 Å². The smallest absolute Gasteiger partial charge is 0.265 e. The third-order valence-corrected chi connectivity index (χ3v) is 8.62. The van der Waals surface area contributed by atoms with E-state index in [1.165, 1.54) is 17.8 Å². The molecule has 3 aromatic rings. The molecule has 0 saturated carbocycles. The number of benzene rings is 3. The van der Waals surface area contributed by atoms with E-state index >= 15 is 0 Å². The number of rotatable bonds is 6. The number of carbonyl (C=O) groups excluding carboxylic acids is 1. The number of anilines is 1. The van der Waals surface area contributed by atoms with Gasteiger partial charge in [-0.3, -0.25) is 14.0 Å². The maximum Gasteiger partial charge on any atom is 0.265 e. The predicted octanol–water partition coefficient (Wildman–Crippen LogP) is 4.01. The first-order valence-electron chi connectivity index (χ1n) is 12.1. The van der Waals surface area contributed by atoms with Gasteiger partial charge in [-0.05, 0) is 30.7 Å². The van der Waals surface area contributed by atoms with Gasteiger partial charge in [-0.15, -0.1) is 0 Å². The molecule has 8 heteroatoms. The zero-order valence-corrected chi connectivity index (χ0v) is 20.8. The molecule has 0 atom stereocenters. The van der Waals surface area contributed by atoms with Crippen LogP contribution < -0.4 is 4.90 Å². The van der Waals surface area contributed by atoms with E-state index in [0.29, 0.717) is 18.5 Å². The molecule has 1 saturated heterocycles. The van der Waals surface area contributed by atoms with Gasteiger partial charge in [0.2, 0.25) is 5.78 Å². The molecule has 7 nitrogen and oxygen atoms in total. The molecule has 3 aromatic carbocycles. The summed E-state index contributed by atoms with van der Waals surface area (Å²) in [4.78, 5) is 18.1. The van der Waals surface area contributed by atoms with Crippen LogP contribution in [0.5, 0.6) is 0 Å². The second-order valence-electron chi connectivity index (χ2n) is 8.98. The largest absolute Gasteiger partial charge is 0.505 e. The highest BCUT2D eigenvalue weighted by Crippen LogP contribution is 2.35. The lowest BCUT2D eigenvalue weighted by molar-refractivity contribution is 0.0997. The summed E-state index contributed by atoms with van der Waals surface area (Å²) < 4.78 is 28.3. The second-order valence-corrected chi connectivity index (χ2v) is 10.8. The molecule has 0 aromatic heterocycles. The number of ketones is 1. The number of piperazine rings is 1. The third kappa shape index (κ3) is 4.62. The Morgan fingerprint density at radius 1 is 0.778 bits per heavy atom. The van der Waals surface area contributed by atoms with Crippen LogP contribution in [-0.4, -0.2) is 67.8 Å². The van der Waals surface area contributed by atoms with Crippen LogP contribution in [0.1, 0.15) is 22.3 Å². The summed E-state index contributed by atoms with van der Waals surface area (Å²) in [6.45, 7) is 4.36. The summed E-state index contributed by atoms with van der Waals surface area (Å²) in [7, 11) is -4.00. The molecule has 0 aliphatic carbocycles. The van der Waals surface area contributed by atoms with Crippen LogP contribution in [0.25, 0.3) is 5.76 Å². The van der Waals surface area contributed by atoms with Gasteiger partial charge < -0.3 is 10.0 Å². The van der Waals surface area contributed by atoms with Gasteiger partial charge in [0.1, 0.15) is 5.70 Å². The molecular formula is C28H29N3O4S. The van der Waals surface area contributed by atoms with E-state index in [9.17, 15) is 18.3 Å². The summed E-state index contributed by atoms with van der Waals surface area (Å²) in [6, 6.07) is 25.1. The van der Waals surface area contributed by atoms with E-state index in [4.69, 9.17) is 0 Å². The van der Waals surface area contributed by atoms with Gasteiger partial charge in [0.25, 0.3) is 10.0 Å². The number of nitrogens with zero attached hydrogens (tertiary/aromatic N) is 3. The SMILES string of the molecule is O=C1/C(=C(\O)c2ccccc2)N(CCCN2CCN(c3ccccc3)CC2)S(=O)(=O)c2ccccc21. The highest BCUT2D eigenvalue weighted by molar-refractivity contribution is 7.89. The van der Waals surface area contributed by atoms with Crippen molar-refractivity contribution in [1.29, 1.82) is 0 Å². The minimum Gasteiger partial charge on any atom is -0.505 e. The normalized spacial score (nSPS) is 19.2. The molecule has 0 spiro atoms. The van der Waals surface area contributed by atoms with E-state index < -0.39 is 15.8 Å². The minimum atomic E-state index is -4.00. The van der Waals surface area contributed by atoms with Crippen molar-refractivity contribution in [2.45, 2.75) is 11.3 Å². The molecule has 186 valence electrons. The van der Waals surface area contributed by atoms with Crippen molar-refractivity contribution < 1.29 is 18.3 Å². The topological polar surface area (TPSA) is 81.2 Å². The summed E-state index contributed by atoms with van der Waals surface area (Å²) in [5.41, 5.74) is 1.51. The Labute approximate surface area is 211 Å². The first kappa shape index (κ1) is 24.1. The van der Waals surface area contributed by atoms with Crippen molar-refractivity contribution >= 4 is 27.3 Å². The lowest BCUT2D eigenvalue weighted by atomic mass is 10.0. The fourth-order valence-corrected chi connectivity index (χ4v) is 6.56. The Kier molecular flexibility index (Phi) is 6.80. The Morgan fingerprint density at radius 2 is 1.39 bits per heavy atom. The van der Waals surface area contributed by atoms with Crippen molar-refractivity contribution in [2.75, 3.05) is 44.2 Å². The van der Waals surface area contributed by atoms with Crippen LogP contribution in [0.3, 0.4) is 0 Å². The maximum absolute atomic E-state index is 13.6. The Hall–Kier alpha value is -3.62. The van der Waals surface area contributed by atoms with Crippen LogP contribution in [0.2, 0.25) is 0 Å². The molecule has 1 N–H and O–H groups in total. The Morgan fingerprint density at radius 3 is 2.08 bits per heavy atom. The zero-order valence-electron chi connectivity index (χ0n) is 20.0. The van der Waals surface area contributed by atoms with Gasteiger partial charge in [0.15, 0.2) is 5.76 Å². The van der Waals surface area contributed by atoms with E-state index in [1.54, 1.807) is 42.5 Å². The van der Waals surface area contributed by atoms with Gasteiger partial charge in [0, 0.05) is 56.1 Å². The number of para-hydroxylation sites is 1. The van der Waals surface area contributed by atoms with Gasteiger partial charge in [-0.1, -0.05) is 60.7 Å². The summed E-state index contributed by atoms with van der Waals surface area (Å²) in [5.74, 6) is -0.812. The lowest BCUT2D eigenvalue weighted by Crippen LogP contribution is -2.47. The van der Waals surface area contributed by atoms with Crippen molar-refractivity contribution in [1.82, 2.24) is 9.21 Å². The minimum absolute atomic E-state index is 0.0175. The van der Waals surface area contributed by atoms with Crippen molar-refractivity contribution in [2.24, 2.45) is 0 Å². The molecule has 0 radical (unpaired) electrons. The molecule has 1 fully saturated rings. The summed E-state index contributed by atoms with van der Waals surface area (Å²) >= 11 is 0. The molecular weight excluding hydrogens is 474 g/mol. The van der Waals surface area contributed by atoms with Gasteiger partial charge in [-0.2, -0.15) is 0 Å². The molecule has 2 aliphatic rings. The van der Waals surface area contributed by atoms with Gasteiger partial charge >= 0.3 is 0 Å². The molecule has 2 aliphatic heterocycles. The molecule has 0 unspecified atom stereocenters. The maximum atomic E-state index is 13.6. The number of Topliss-reactive ketones (excluding diaryl/α,β-unsaturated/α-hetero) is 1. The van der Waals surface area contributed by atoms with Crippen molar-refractivity contribution in [3.05, 3.63) is 102 Å². The van der Waals surface area contributed by atoms with Crippen LogP contribution in [0.15, 0.2) is 95.5 Å². The molecule has 0 bridgehead atoms. The van der Waals surface area contributed by atoms with Crippen LogP contribution in [-0.2, 0) is 10.0 Å². The number of hydrogen-bond acceptors (Lipinski definition) is 6. The Balaban J connectivity index is 1.35. The molecule has 36 heavy (non-hydrogen) atoms. The van der Waals surface area contributed by atoms with Crippen molar-refractivity contribution in [3.63, 3.8) is 0 Å². The molecule has 0 amide bonds. The first-order valence-corrected chi connectivity index (χ1v) is 13.6. The van der Waals surface area contributed by atoms with Crippen LogP contribution >= 0.6 is 0 Å². The number of allylic oxidation sites excluding steroid dienone is 1. The second kappa shape index (κ2) is 10.2. The highest BCUT2D eigenvalue weighted by atomic mass is 32.2. The van der Waals surface area contributed by atoms with Crippen molar-refractivity contribution in [3.8, 4) is 0 Å². The average Bonchev–Trinajstić information content (AvgIpc) is 2.93. The monoisotopic (exact) mass is 503 g/mol. The first-order chi connectivity index (χ1) is 17.5. The number of sulfonamides is 1. The fourth-order valence-electron chi connectivity index (χ4n) is 4.86.